The number of aromatic amines is 2. The molecule has 0 saturated heterocycles. The molecule has 0 spiro atoms. The number of aryl methyl sites for hydroxylation is 2. The molecule has 9 heteroatoms. The summed E-state index contributed by atoms with van der Waals surface area (Å²) in [5.74, 6) is 0.607. The summed E-state index contributed by atoms with van der Waals surface area (Å²) < 4.78 is 1.63. The SMILES string of the molecule is CC1CCCc2c1[nH]c1cc(Br)c(Cl)nc21.OC1CCCc2c1[nH]c1cc(Br)c(Cl)nc21. The summed E-state index contributed by atoms with van der Waals surface area (Å²) in [7, 11) is 0. The van der Waals surface area contributed by atoms with Crippen LogP contribution >= 0.6 is 55.1 Å². The van der Waals surface area contributed by atoms with Gasteiger partial charge in [0.05, 0.1) is 37.1 Å². The lowest BCUT2D eigenvalue weighted by molar-refractivity contribution is 0.153. The summed E-state index contributed by atoms with van der Waals surface area (Å²) in [6, 6.07) is 3.94. The minimum Gasteiger partial charge on any atom is -0.387 e. The first kappa shape index (κ1) is 22.7. The molecule has 5 nitrogen and oxygen atoms in total. The molecule has 0 aliphatic heterocycles. The van der Waals surface area contributed by atoms with Gasteiger partial charge in [0.15, 0.2) is 0 Å². The molecule has 2 aliphatic rings. The second-order valence-electron chi connectivity index (χ2n) is 8.55. The number of nitrogens with zero attached hydrogens (tertiary/aromatic N) is 2. The zero-order valence-corrected chi connectivity index (χ0v) is 22.1. The van der Waals surface area contributed by atoms with Crippen LogP contribution in [0.25, 0.3) is 22.1 Å². The molecule has 3 N–H and O–H groups in total. The van der Waals surface area contributed by atoms with Gasteiger partial charge < -0.3 is 15.1 Å². The van der Waals surface area contributed by atoms with Crippen molar-refractivity contribution in [2.75, 3.05) is 0 Å². The number of aliphatic hydroxyl groups is 1. The lowest BCUT2D eigenvalue weighted by Gasteiger charge is -2.17. The number of rotatable bonds is 0. The van der Waals surface area contributed by atoms with Crippen LogP contribution < -0.4 is 0 Å². The predicted octanol–water partition coefficient (Wildman–Crippen LogP) is 7.77. The lowest BCUT2D eigenvalue weighted by Crippen LogP contribution is -2.07. The normalized spacial score (nSPS) is 20.1. The van der Waals surface area contributed by atoms with E-state index in [1.807, 2.05) is 12.1 Å². The molecule has 0 bridgehead atoms. The lowest BCUT2D eigenvalue weighted by atomic mass is 9.89. The summed E-state index contributed by atoms with van der Waals surface area (Å²) in [6.45, 7) is 2.27. The average Bonchev–Trinajstić information content (AvgIpc) is 3.29. The second-order valence-corrected chi connectivity index (χ2v) is 11.0. The minimum absolute atomic E-state index is 0.393. The Morgan fingerprint density at radius 2 is 1.38 bits per heavy atom. The number of hydrogen-bond acceptors (Lipinski definition) is 3. The molecular weight excluding hydrogens is 579 g/mol. The molecule has 2 unspecified atom stereocenters. The molecule has 0 fully saturated rings. The Morgan fingerprint density at radius 1 is 0.875 bits per heavy atom. The summed E-state index contributed by atoms with van der Waals surface area (Å²) in [4.78, 5) is 15.5. The number of nitrogens with one attached hydrogen (secondary N) is 2. The second kappa shape index (κ2) is 8.91. The summed E-state index contributed by atoms with van der Waals surface area (Å²) >= 11 is 18.8. The zero-order chi connectivity index (χ0) is 22.6. The van der Waals surface area contributed by atoms with E-state index in [9.17, 15) is 5.11 Å². The van der Waals surface area contributed by atoms with Crippen molar-refractivity contribution in [1.29, 1.82) is 0 Å². The van der Waals surface area contributed by atoms with Gasteiger partial charge in [0.25, 0.3) is 0 Å². The third-order valence-electron chi connectivity index (χ3n) is 6.42. The van der Waals surface area contributed by atoms with E-state index in [-0.39, 0.29) is 0 Å². The van der Waals surface area contributed by atoms with Gasteiger partial charge in [-0.3, -0.25) is 0 Å². The van der Waals surface area contributed by atoms with Gasteiger partial charge in [-0.05, 0) is 94.0 Å². The van der Waals surface area contributed by atoms with E-state index in [1.54, 1.807) is 0 Å². The topological polar surface area (TPSA) is 77.6 Å². The van der Waals surface area contributed by atoms with Crippen LogP contribution in [0.15, 0.2) is 21.1 Å². The maximum atomic E-state index is 9.90. The first-order chi connectivity index (χ1) is 15.3. The molecule has 4 heterocycles. The van der Waals surface area contributed by atoms with Crippen molar-refractivity contribution in [3.8, 4) is 0 Å². The Kier molecular flexibility index (Phi) is 6.31. The maximum Gasteiger partial charge on any atom is 0.144 e. The third kappa shape index (κ3) is 4.00. The van der Waals surface area contributed by atoms with E-state index in [2.05, 4.69) is 58.7 Å². The van der Waals surface area contributed by atoms with Gasteiger partial charge in [-0.1, -0.05) is 30.1 Å². The van der Waals surface area contributed by atoms with Gasteiger partial charge >= 0.3 is 0 Å². The Hall–Kier alpha value is -1.12. The number of fused-ring (bicyclic) bond motifs is 6. The molecule has 4 aromatic heterocycles. The van der Waals surface area contributed by atoms with Gasteiger partial charge in [0.2, 0.25) is 0 Å². The van der Waals surface area contributed by atoms with Gasteiger partial charge in [0.1, 0.15) is 10.3 Å². The van der Waals surface area contributed by atoms with Crippen molar-refractivity contribution < 1.29 is 5.11 Å². The molecule has 0 radical (unpaired) electrons. The fraction of sp³-hybridized carbons (Fsp3) is 0.391. The van der Waals surface area contributed by atoms with Gasteiger partial charge in [-0.2, -0.15) is 0 Å². The minimum atomic E-state index is -0.393. The van der Waals surface area contributed by atoms with Gasteiger partial charge in [-0.25, -0.2) is 9.97 Å². The van der Waals surface area contributed by atoms with Crippen LogP contribution in [-0.4, -0.2) is 25.0 Å². The van der Waals surface area contributed by atoms with Gasteiger partial charge in [-0.15, -0.1) is 0 Å². The largest absolute Gasteiger partial charge is 0.387 e. The molecule has 0 aromatic carbocycles. The fourth-order valence-corrected chi connectivity index (χ4v) is 5.75. The molecule has 32 heavy (non-hydrogen) atoms. The summed E-state index contributed by atoms with van der Waals surface area (Å²) in [5, 5.41) is 10.9. The average molecular weight is 601 g/mol. The summed E-state index contributed by atoms with van der Waals surface area (Å²) in [5.41, 5.74) is 8.70. The van der Waals surface area contributed by atoms with E-state index >= 15 is 0 Å². The third-order valence-corrected chi connectivity index (χ3v) is 8.66. The fourth-order valence-electron chi connectivity index (χ4n) is 4.84. The molecule has 0 amide bonds. The van der Waals surface area contributed by atoms with E-state index in [1.165, 1.54) is 24.1 Å². The van der Waals surface area contributed by atoms with Crippen LogP contribution in [0.4, 0.5) is 0 Å². The number of aromatic nitrogens is 4. The van der Waals surface area contributed by atoms with E-state index < -0.39 is 6.10 Å². The van der Waals surface area contributed by atoms with Gasteiger partial charge in [0, 0.05) is 17.0 Å². The van der Waals surface area contributed by atoms with Crippen LogP contribution in [0, 0.1) is 0 Å². The molecule has 0 saturated carbocycles. The van der Waals surface area contributed by atoms with E-state index in [0.717, 1.165) is 68.0 Å². The number of pyridine rings is 2. The van der Waals surface area contributed by atoms with Crippen LogP contribution in [0.2, 0.25) is 10.3 Å². The highest BCUT2D eigenvalue weighted by atomic mass is 79.9. The van der Waals surface area contributed by atoms with Crippen LogP contribution in [-0.2, 0) is 12.8 Å². The van der Waals surface area contributed by atoms with Crippen LogP contribution in [0.1, 0.15) is 67.1 Å². The van der Waals surface area contributed by atoms with Crippen molar-refractivity contribution in [3.63, 3.8) is 0 Å². The van der Waals surface area contributed by atoms with Crippen LogP contribution in [0.3, 0.4) is 0 Å². The van der Waals surface area contributed by atoms with Crippen molar-refractivity contribution in [1.82, 2.24) is 19.9 Å². The Morgan fingerprint density at radius 3 is 1.97 bits per heavy atom. The molecule has 2 atom stereocenters. The number of halogens is 4. The quantitative estimate of drug-likeness (QED) is 0.180. The standard InChI is InChI=1S/C12H12BrClN2.C11H10BrClN2O/c1-6-3-2-4-7-10(6)15-9-5-8(13)12(14)16-11(7)9;12-6-4-7-9(15-11(6)13)5-2-1-3-8(16)10(5)14-7/h5-6,15H,2-4H2,1H3;4,8,14,16H,1-3H2. The van der Waals surface area contributed by atoms with E-state index in [4.69, 9.17) is 23.2 Å². The maximum absolute atomic E-state index is 9.90. The van der Waals surface area contributed by atoms with Crippen molar-refractivity contribution in [3.05, 3.63) is 53.9 Å². The molecule has 2 aliphatic carbocycles. The number of aliphatic hydroxyl groups excluding tert-OH is 1. The van der Waals surface area contributed by atoms with Crippen molar-refractivity contribution in [2.24, 2.45) is 0 Å². The smallest absolute Gasteiger partial charge is 0.144 e. The number of hydrogen-bond donors (Lipinski definition) is 3. The Bertz CT molecular complexity index is 1230. The molecule has 4 aromatic rings. The highest BCUT2D eigenvalue weighted by Crippen LogP contribution is 2.37. The van der Waals surface area contributed by atoms with E-state index in [0.29, 0.717) is 16.2 Å². The molecular formula is C23H22Br2Cl2N4O. The highest BCUT2D eigenvalue weighted by Gasteiger charge is 2.24. The number of H-pyrrole nitrogens is 2. The predicted molar refractivity (Wildman–Crippen MR) is 137 cm³/mol. The van der Waals surface area contributed by atoms with Crippen molar-refractivity contribution >= 4 is 77.1 Å². The molecule has 168 valence electrons. The Balaban J connectivity index is 0.000000135. The van der Waals surface area contributed by atoms with Crippen molar-refractivity contribution in [2.45, 2.75) is 57.5 Å². The Labute approximate surface area is 212 Å². The zero-order valence-electron chi connectivity index (χ0n) is 17.4. The molecule has 6 rings (SSSR count). The monoisotopic (exact) mass is 598 g/mol. The summed E-state index contributed by atoms with van der Waals surface area (Å²) in [6.07, 6.45) is 5.99. The highest BCUT2D eigenvalue weighted by molar-refractivity contribution is 9.10. The first-order valence-electron chi connectivity index (χ1n) is 10.7. The first-order valence-corrected chi connectivity index (χ1v) is 13.1. The van der Waals surface area contributed by atoms with Crippen LogP contribution in [0.5, 0.6) is 0 Å².